The topological polar surface area (TPSA) is 62.2 Å². The van der Waals surface area contributed by atoms with E-state index in [0.717, 1.165) is 5.56 Å². The minimum absolute atomic E-state index is 0.0139. The zero-order chi connectivity index (χ0) is 14.6. The van der Waals surface area contributed by atoms with E-state index in [9.17, 15) is 9.90 Å². The van der Waals surface area contributed by atoms with Gasteiger partial charge in [0.1, 0.15) is 5.75 Å². The Labute approximate surface area is 118 Å². The molecule has 0 aliphatic heterocycles. The Morgan fingerprint density at radius 1 is 1.25 bits per heavy atom. The van der Waals surface area contributed by atoms with Crippen LogP contribution in [0.25, 0.3) is 0 Å². The van der Waals surface area contributed by atoms with Gasteiger partial charge in [0, 0.05) is 18.2 Å². The minimum Gasteiger partial charge on any atom is -0.506 e. The predicted molar refractivity (Wildman–Crippen MR) is 77.7 cm³/mol. The Kier molecular flexibility index (Phi) is 4.03. The Balaban J connectivity index is 2.03. The lowest BCUT2D eigenvalue weighted by Crippen LogP contribution is -2.36. The molecule has 0 bridgehead atoms. The van der Waals surface area contributed by atoms with Crippen molar-refractivity contribution in [2.45, 2.75) is 19.3 Å². The summed E-state index contributed by atoms with van der Waals surface area (Å²) in [5, 5.41) is 12.2. The second-order valence-corrected chi connectivity index (χ2v) is 5.36. The lowest BCUT2D eigenvalue weighted by atomic mass is 9.84. The van der Waals surface area contributed by atoms with E-state index in [1.54, 1.807) is 0 Å². The van der Waals surface area contributed by atoms with Crippen LogP contribution in [0.15, 0.2) is 48.8 Å². The van der Waals surface area contributed by atoms with Crippen LogP contribution in [0.2, 0.25) is 0 Å². The van der Waals surface area contributed by atoms with Gasteiger partial charge in [-0.25, -0.2) is 0 Å². The molecule has 2 N–H and O–H groups in total. The first-order valence-electron chi connectivity index (χ1n) is 6.47. The summed E-state index contributed by atoms with van der Waals surface area (Å²) in [5.41, 5.74) is 1.35. The highest BCUT2D eigenvalue weighted by Crippen LogP contribution is 2.21. The number of pyridine rings is 1. The summed E-state index contributed by atoms with van der Waals surface area (Å²) in [7, 11) is 0. The summed E-state index contributed by atoms with van der Waals surface area (Å²) in [4.78, 5) is 15.8. The van der Waals surface area contributed by atoms with E-state index in [0.29, 0.717) is 12.1 Å². The van der Waals surface area contributed by atoms with Crippen LogP contribution < -0.4 is 5.32 Å². The molecule has 4 heteroatoms. The molecular formula is C16H18N2O2. The number of nitrogens with zero attached hydrogens (tertiary/aromatic N) is 1. The maximum atomic E-state index is 12.0. The van der Waals surface area contributed by atoms with Crippen LogP contribution in [0, 0.1) is 0 Å². The molecule has 1 heterocycles. The first-order valence-corrected chi connectivity index (χ1v) is 6.47. The third kappa shape index (κ3) is 3.35. The van der Waals surface area contributed by atoms with Gasteiger partial charge in [0.05, 0.1) is 11.8 Å². The van der Waals surface area contributed by atoms with Gasteiger partial charge in [0.25, 0.3) is 5.91 Å². The first kappa shape index (κ1) is 14.1. The zero-order valence-corrected chi connectivity index (χ0v) is 11.6. The van der Waals surface area contributed by atoms with Crippen molar-refractivity contribution in [2.24, 2.45) is 0 Å². The normalized spacial score (nSPS) is 11.1. The highest BCUT2D eigenvalue weighted by molar-refractivity contribution is 5.94. The van der Waals surface area contributed by atoms with Crippen LogP contribution in [0.4, 0.5) is 0 Å². The van der Waals surface area contributed by atoms with Crippen molar-refractivity contribution in [3.05, 3.63) is 59.9 Å². The number of rotatable bonds is 4. The number of amides is 1. The molecule has 0 aliphatic carbocycles. The molecule has 0 saturated heterocycles. The fourth-order valence-electron chi connectivity index (χ4n) is 1.95. The number of benzene rings is 1. The fourth-order valence-corrected chi connectivity index (χ4v) is 1.95. The van der Waals surface area contributed by atoms with Gasteiger partial charge < -0.3 is 10.4 Å². The van der Waals surface area contributed by atoms with Crippen molar-refractivity contribution in [2.75, 3.05) is 6.54 Å². The molecule has 2 rings (SSSR count). The van der Waals surface area contributed by atoms with Gasteiger partial charge in [-0.3, -0.25) is 9.78 Å². The van der Waals surface area contributed by atoms with E-state index in [1.807, 2.05) is 30.3 Å². The average molecular weight is 270 g/mol. The standard InChI is InChI=1S/C16H18N2O2/c1-16(2,13-6-4-3-5-7-13)11-18-15(20)12-8-14(19)10-17-9-12/h3-10,19H,11H2,1-2H3,(H,18,20). The van der Waals surface area contributed by atoms with E-state index >= 15 is 0 Å². The van der Waals surface area contributed by atoms with E-state index in [1.165, 1.54) is 18.5 Å². The number of hydrogen-bond donors (Lipinski definition) is 2. The molecule has 20 heavy (non-hydrogen) atoms. The molecule has 0 radical (unpaired) electrons. The van der Waals surface area contributed by atoms with Crippen molar-refractivity contribution in [3.63, 3.8) is 0 Å². The van der Waals surface area contributed by atoms with Crippen LogP contribution in [-0.2, 0) is 5.41 Å². The minimum atomic E-state index is -0.239. The maximum Gasteiger partial charge on any atom is 0.253 e. The van der Waals surface area contributed by atoms with Gasteiger partial charge in [0.15, 0.2) is 0 Å². The Hall–Kier alpha value is -2.36. The molecule has 0 aliphatic rings. The Morgan fingerprint density at radius 2 is 1.95 bits per heavy atom. The summed E-state index contributed by atoms with van der Waals surface area (Å²) < 4.78 is 0. The molecule has 0 fully saturated rings. The third-order valence-electron chi connectivity index (χ3n) is 3.23. The smallest absolute Gasteiger partial charge is 0.253 e. The van der Waals surface area contributed by atoms with Gasteiger partial charge in [-0.05, 0) is 11.6 Å². The first-order chi connectivity index (χ1) is 9.49. The van der Waals surface area contributed by atoms with Gasteiger partial charge in [-0.2, -0.15) is 0 Å². The van der Waals surface area contributed by atoms with Crippen molar-refractivity contribution in [3.8, 4) is 5.75 Å². The van der Waals surface area contributed by atoms with Gasteiger partial charge in [-0.1, -0.05) is 44.2 Å². The molecule has 1 amide bonds. The largest absolute Gasteiger partial charge is 0.506 e. The second-order valence-electron chi connectivity index (χ2n) is 5.36. The Morgan fingerprint density at radius 3 is 2.60 bits per heavy atom. The molecule has 0 atom stereocenters. The van der Waals surface area contributed by atoms with Crippen molar-refractivity contribution >= 4 is 5.91 Å². The summed E-state index contributed by atoms with van der Waals surface area (Å²) in [6.07, 6.45) is 2.73. The fraction of sp³-hybridized carbons (Fsp3) is 0.250. The summed E-state index contributed by atoms with van der Waals surface area (Å²) >= 11 is 0. The van der Waals surface area contributed by atoms with Crippen molar-refractivity contribution in [1.82, 2.24) is 10.3 Å². The third-order valence-corrected chi connectivity index (χ3v) is 3.23. The Bertz CT molecular complexity index is 594. The van der Waals surface area contributed by atoms with E-state index in [-0.39, 0.29) is 17.1 Å². The monoisotopic (exact) mass is 270 g/mol. The molecular weight excluding hydrogens is 252 g/mol. The van der Waals surface area contributed by atoms with Crippen LogP contribution in [-0.4, -0.2) is 22.5 Å². The highest BCUT2D eigenvalue weighted by atomic mass is 16.3. The van der Waals surface area contributed by atoms with Crippen molar-refractivity contribution < 1.29 is 9.90 Å². The van der Waals surface area contributed by atoms with Crippen molar-refractivity contribution in [1.29, 1.82) is 0 Å². The SMILES string of the molecule is CC(C)(CNC(=O)c1cncc(O)c1)c1ccccc1. The molecule has 0 unspecified atom stereocenters. The lowest BCUT2D eigenvalue weighted by molar-refractivity contribution is 0.0945. The number of aromatic nitrogens is 1. The van der Waals surface area contributed by atoms with E-state index in [4.69, 9.17) is 0 Å². The van der Waals surface area contributed by atoms with E-state index in [2.05, 4.69) is 24.1 Å². The number of hydrogen-bond acceptors (Lipinski definition) is 3. The molecule has 4 nitrogen and oxygen atoms in total. The number of nitrogens with one attached hydrogen (secondary N) is 1. The summed E-state index contributed by atoms with van der Waals surface area (Å²) in [6, 6.07) is 11.4. The van der Waals surface area contributed by atoms with Gasteiger partial charge >= 0.3 is 0 Å². The molecule has 0 saturated carbocycles. The molecule has 1 aromatic carbocycles. The molecule has 0 spiro atoms. The predicted octanol–water partition coefficient (Wildman–Crippen LogP) is 2.49. The number of carbonyl (C=O) groups is 1. The molecule has 104 valence electrons. The quantitative estimate of drug-likeness (QED) is 0.897. The summed E-state index contributed by atoms with van der Waals surface area (Å²) in [6.45, 7) is 4.65. The highest BCUT2D eigenvalue weighted by Gasteiger charge is 2.21. The molecule has 1 aromatic heterocycles. The summed E-state index contributed by atoms with van der Waals surface area (Å²) in [5.74, 6) is -0.252. The number of aromatic hydroxyl groups is 1. The van der Waals surface area contributed by atoms with Crippen LogP contribution >= 0.6 is 0 Å². The maximum absolute atomic E-state index is 12.0. The zero-order valence-electron chi connectivity index (χ0n) is 11.6. The number of carbonyl (C=O) groups excluding carboxylic acids is 1. The van der Waals surface area contributed by atoms with Gasteiger partial charge in [-0.15, -0.1) is 0 Å². The van der Waals surface area contributed by atoms with Crippen LogP contribution in [0.3, 0.4) is 0 Å². The molecule has 2 aromatic rings. The van der Waals surface area contributed by atoms with Crippen LogP contribution in [0.5, 0.6) is 5.75 Å². The van der Waals surface area contributed by atoms with Crippen LogP contribution in [0.1, 0.15) is 29.8 Å². The van der Waals surface area contributed by atoms with Gasteiger partial charge in [0.2, 0.25) is 0 Å². The average Bonchev–Trinajstić information content (AvgIpc) is 2.46. The van der Waals surface area contributed by atoms with E-state index < -0.39 is 0 Å². The second kappa shape index (κ2) is 5.74. The lowest BCUT2D eigenvalue weighted by Gasteiger charge is -2.25.